The molecule has 2 saturated heterocycles. The van der Waals surface area contributed by atoms with E-state index in [0.29, 0.717) is 37.6 Å². The Morgan fingerprint density at radius 3 is 2.42 bits per heavy atom. The zero-order valence-corrected chi connectivity index (χ0v) is 25.1. The monoisotopic (exact) mass is 600 g/mol. The average Bonchev–Trinajstić information content (AvgIpc) is 3.77. The molecule has 2 aliphatic heterocycles. The SMILES string of the molecule is COc1ccc(CC(NC(=O)[C@H](CO)NC(=O)CN2CCOCC2)(C(N)=O)[C@H](CC2=CCCCC2)C(=O)[C@@]2(C)CO2)cc1. The zero-order chi connectivity index (χ0) is 31.0. The molecule has 1 unspecified atom stereocenters. The van der Waals surface area contributed by atoms with Crippen molar-refractivity contribution in [2.45, 2.75) is 62.6 Å². The van der Waals surface area contributed by atoms with Crippen LogP contribution in [0.15, 0.2) is 35.9 Å². The van der Waals surface area contributed by atoms with E-state index in [-0.39, 0.29) is 31.8 Å². The molecule has 0 spiro atoms. The summed E-state index contributed by atoms with van der Waals surface area (Å²) in [6.07, 6.45) is 5.82. The third kappa shape index (κ3) is 8.20. The second-order valence-electron chi connectivity index (χ2n) is 11.8. The lowest BCUT2D eigenvalue weighted by atomic mass is 9.69. The van der Waals surface area contributed by atoms with E-state index >= 15 is 0 Å². The number of epoxide rings is 1. The molecule has 4 atom stereocenters. The van der Waals surface area contributed by atoms with E-state index in [9.17, 15) is 24.3 Å². The summed E-state index contributed by atoms with van der Waals surface area (Å²) in [5.41, 5.74) is 4.79. The van der Waals surface area contributed by atoms with Crippen LogP contribution < -0.4 is 21.1 Å². The van der Waals surface area contributed by atoms with Gasteiger partial charge in [0.2, 0.25) is 17.7 Å². The van der Waals surface area contributed by atoms with E-state index in [1.54, 1.807) is 31.2 Å². The van der Waals surface area contributed by atoms with Gasteiger partial charge in [-0.05, 0) is 56.7 Å². The van der Waals surface area contributed by atoms with Crippen molar-refractivity contribution < 1.29 is 38.5 Å². The van der Waals surface area contributed by atoms with Crippen molar-refractivity contribution >= 4 is 23.5 Å². The van der Waals surface area contributed by atoms with Crippen LogP contribution in [0.2, 0.25) is 0 Å². The van der Waals surface area contributed by atoms with Gasteiger partial charge in [-0.1, -0.05) is 23.8 Å². The number of allylic oxidation sites excluding steroid dienone is 2. The van der Waals surface area contributed by atoms with Crippen molar-refractivity contribution in [3.8, 4) is 5.75 Å². The number of carbonyl (C=O) groups excluding carboxylic acids is 4. The van der Waals surface area contributed by atoms with Crippen molar-refractivity contribution in [2.24, 2.45) is 11.7 Å². The fourth-order valence-corrected chi connectivity index (χ4v) is 5.81. The smallest absolute Gasteiger partial charge is 0.245 e. The van der Waals surface area contributed by atoms with Crippen LogP contribution in [0.3, 0.4) is 0 Å². The molecule has 1 aromatic carbocycles. The third-order valence-corrected chi connectivity index (χ3v) is 8.59. The molecule has 0 radical (unpaired) electrons. The molecular formula is C31H44N4O8. The number of carbonyl (C=O) groups is 4. The largest absolute Gasteiger partial charge is 0.497 e. The van der Waals surface area contributed by atoms with E-state index in [1.807, 2.05) is 4.90 Å². The third-order valence-electron chi connectivity index (χ3n) is 8.59. The average molecular weight is 601 g/mol. The summed E-state index contributed by atoms with van der Waals surface area (Å²) in [6, 6.07) is 5.55. The number of methoxy groups -OCH3 is 1. The number of ether oxygens (including phenoxy) is 3. The van der Waals surface area contributed by atoms with Crippen molar-refractivity contribution in [3.63, 3.8) is 0 Å². The molecule has 2 fully saturated rings. The number of primary amides is 1. The van der Waals surface area contributed by atoms with E-state index in [1.165, 1.54) is 7.11 Å². The Morgan fingerprint density at radius 2 is 1.86 bits per heavy atom. The maximum Gasteiger partial charge on any atom is 0.245 e. The first-order valence-corrected chi connectivity index (χ1v) is 14.9. The Kier molecular flexibility index (Phi) is 10.9. The number of aliphatic hydroxyl groups excluding tert-OH is 1. The van der Waals surface area contributed by atoms with Crippen molar-refractivity contribution in [3.05, 3.63) is 41.5 Å². The molecule has 2 heterocycles. The minimum Gasteiger partial charge on any atom is -0.497 e. The highest BCUT2D eigenvalue weighted by Crippen LogP contribution is 2.40. The van der Waals surface area contributed by atoms with Crippen molar-refractivity contribution in [2.75, 3.05) is 53.2 Å². The van der Waals surface area contributed by atoms with Crippen LogP contribution in [0.1, 0.15) is 44.6 Å². The molecule has 1 aromatic rings. The lowest BCUT2D eigenvalue weighted by Gasteiger charge is -2.40. The zero-order valence-electron chi connectivity index (χ0n) is 25.1. The van der Waals surface area contributed by atoms with Gasteiger partial charge in [0.1, 0.15) is 22.9 Å². The maximum atomic E-state index is 14.1. The van der Waals surface area contributed by atoms with Crippen molar-refractivity contribution in [1.82, 2.24) is 15.5 Å². The minimum atomic E-state index is -1.89. The van der Waals surface area contributed by atoms with Crippen LogP contribution in [0.5, 0.6) is 5.75 Å². The van der Waals surface area contributed by atoms with E-state index in [0.717, 1.165) is 31.3 Å². The second kappa shape index (κ2) is 14.4. The number of ketones is 1. The summed E-state index contributed by atoms with van der Waals surface area (Å²) in [5.74, 6) is -2.97. The first-order chi connectivity index (χ1) is 20.6. The number of nitrogens with one attached hydrogen (secondary N) is 2. The molecule has 12 nitrogen and oxygen atoms in total. The Bertz CT molecular complexity index is 1190. The lowest BCUT2D eigenvalue weighted by Crippen LogP contribution is -2.68. The van der Waals surface area contributed by atoms with E-state index < -0.39 is 47.4 Å². The van der Waals surface area contributed by atoms with E-state index in [2.05, 4.69) is 16.7 Å². The number of nitrogens with two attached hydrogens (primary N) is 1. The molecule has 12 heteroatoms. The molecule has 3 aliphatic rings. The number of nitrogens with zero attached hydrogens (tertiary/aromatic N) is 1. The summed E-state index contributed by atoms with van der Waals surface area (Å²) < 4.78 is 16.1. The molecule has 4 rings (SSSR count). The molecule has 3 amide bonds. The van der Waals surface area contributed by atoms with Gasteiger partial charge in [0, 0.05) is 19.5 Å². The number of hydrogen-bond donors (Lipinski definition) is 4. The van der Waals surface area contributed by atoms with E-state index in [4.69, 9.17) is 19.9 Å². The van der Waals surface area contributed by atoms with Gasteiger partial charge in [-0.3, -0.25) is 24.1 Å². The minimum absolute atomic E-state index is 0.0188. The van der Waals surface area contributed by atoms with Crippen molar-refractivity contribution in [1.29, 1.82) is 0 Å². The van der Waals surface area contributed by atoms with Gasteiger partial charge in [-0.25, -0.2) is 0 Å². The first-order valence-electron chi connectivity index (χ1n) is 14.9. The van der Waals surface area contributed by atoms with Gasteiger partial charge >= 0.3 is 0 Å². The van der Waals surface area contributed by atoms with Crippen LogP contribution in [0.4, 0.5) is 0 Å². The number of aliphatic hydroxyl groups is 1. The van der Waals surface area contributed by atoms with Gasteiger partial charge in [0.15, 0.2) is 5.78 Å². The highest BCUT2D eigenvalue weighted by Gasteiger charge is 2.58. The molecule has 43 heavy (non-hydrogen) atoms. The topological polar surface area (TPSA) is 173 Å². The van der Waals surface area contributed by atoms with Crippen LogP contribution in [0, 0.1) is 5.92 Å². The number of Topliss-reactive ketones (excluding diaryl/α,β-unsaturated/α-hetero) is 1. The predicted molar refractivity (Wildman–Crippen MR) is 157 cm³/mol. The summed E-state index contributed by atoms with van der Waals surface area (Å²) in [7, 11) is 1.54. The normalized spacial score (nSPS) is 23.2. The number of rotatable bonds is 15. The Hall–Kier alpha value is -3.32. The number of morpholine rings is 1. The fraction of sp³-hybridized carbons (Fsp3) is 0.613. The Labute approximate surface area is 252 Å². The van der Waals surface area contributed by atoms with Gasteiger partial charge in [-0.2, -0.15) is 0 Å². The molecule has 0 saturated carbocycles. The maximum absolute atomic E-state index is 14.1. The summed E-state index contributed by atoms with van der Waals surface area (Å²) in [6.45, 7) is 3.29. The standard InChI is InChI=1S/C31H44N4O8/c1-30(20-43-30)27(38)24(16-21-6-4-3-5-7-21)31(29(32)40,17-22-8-10-23(41-2)11-9-22)34-28(39)25(19-36)33-26(37)18-35-12-14-42-15-13-35/h6,8-11,24-25,36H,3-5,7,12-20H2,1-2H3,(H2,32,40)(H,33,37)(H,34,39)/t24-,25+,30-,31?/m1/s1. The Morgan fingerprint density at radius 1 is 1.16 bits per heavy atom. The van der Waals surface area contributed by atoms with Crippen LogP contribution >= 0.6 is 0 Å². The molecule has 0 aromatic heterocycles. The molecular weight excluding hydrogens is 556 g/mol. The summed E-state index contributed by atoms with van der Waals surface area (Å²) >= 11 is 0. The quantitative estimate of drug-likeness (QED) is 0.163. The van der Waals surface area contributed by atoms with Crippen LogP contribution in [-0.4, -0.2) is 104 Å². The summed E-state index contributed by atoms with van der Waals surface area (Å²) in [4.78, 5) is 56.2. The highest BCUT2D eigenvalue weighted by atomic mass is 16.6. The molecule has 5 N–H and O–H groups in total. The summed E-state index contributed by atoms with van der Waals surface area (Å²) in [5, 5.41) is 15.5. The fourth-order valence-electron chi connectivity index (χ4n) is 5.81. The predicted octanol–water partition coefficient (Wildman–Crippen LogP) is 0.252. The second-order valence-corrected chi connectivity index (χ2v) is 11.8. The highest BCUT2D eigenvalue weighted by molar-refractivity contribution is 6.02. The molecule has 236 valence electrons. The number of hydrogen-bond acceptors (Lipinski definition) is 9. The Balaban J connectivity index is 1.67. The van der Waals surface area contributed by atoms with Crippen LogP contribution in [0.25, 0.3) is 0 Å². The molecule has 0 bridgehead atoms. The van der Waals surface area contributed by atoms with Gasteiger partial charge in [-0.15, -0.1) is 0 Å². The van der Waals surface area contributed by atoms with Gasteiger partial charge in [0.05, 0.1) is 46.0 Å². The molecule has 1 aliphatic carbocycles. The first kappa shape index (κ1) is 32.6. The lowest BCUT2D eigenvalue weighted by molar-refractivity contribution is -0.142. The van der Waals surface area contributed by atoms with Crippen LogP contribution in [-0.2, 0) is 35.1 Å². The van der Waals surface area contributed by atoms with Gasteiger partial charge in [0.25, 0.3) is 0 Å². The van der Waals surface area contributed by atoms with Gasteiger partial charge < -0.3 is 35.7 Å². The number of amides is 3. The number of benzene rings is 1.